The standard InChI is InChI=1S/C17H18N4/c1-21(2)15-9-8-14-17(19-15)20-16(18-14)13-7-6-11-4-3-5-12(11)10-13/h6-10H,3-5H2,1-2H3,(H,18,19,20). The topological polar surface area (TPSA) is 44.8 Å². The van der Waals surface area contributed by atoms with E-state index in [2.05, 4.69) is 33.2 Å². The molecule has 0 atom stereocenters. The number of pyridine rings is 1. The minimum Gasteiger partial charge on any atom is -0.363 e. The highest BCUT2D eigenvalue weighted by atomic mass is 15.1. The van der Waals surface area contributed by atoms with E-state index in [-0.39, 0.29) is 0 Å². The molecule has 1 aromatic carbocycles. The Bertz CT molecular complexity index is 817. The zero-order chi connectivity index (χ0) is 14.4. The van der Waals surface area contributed by atoms with E-state index in [0.717, 1.165) is 28.4 Å². The molecule has 0 saturated carbocycles. The van der Waals surface area contributed by atoms with Crippen LogP contribution in [0.3, 0.4) is 0 Å². The molecule has 0 aliphatic heterocycles. The Hall–Kier alpha value is -2.36. The molecule has 106 valence electrons. The average Bonchev–Trinajstić information content (AvgIpc) is 3.11. The molecule has 0 spiro atoms. The van der Waals surface area contributed by atoms with Crippen molar-refractivity contribution >= 4 is 17.0 Å². The van der Waals surface area contributed by atoms with Crippen LogP contribution in [0.15, 0.2) is 30.3 Å². The number of rotatable bonds is 2. The Labute approximate surface area is 123 Å². The van der Waals surface area contributed by atoms with Gasteiger partial charge in [0.1, 0.15) is 11.6 Å². The number of imidazole rings is 1. The van der Waals surface area contributed by atoms with E-state index in [1.807, 2.05) is 31.1 Å². The summed E-state index contributed by atoms with van der Waals surface area (Å²) < 4.78 is 0. The summed E-state index contributed by atoms with van der Waals surface area (Å²) in [5.74, 6) is 1.83. The zero-order valence-electron chi connectivity index (χ0n) is 12.3. The normalized spacial score (nSPS) is 13.6. The summed E-state index contributed by atoms with van der Waals surface area (Å²) in [6, 6.07) is 10.7. The van der Waals surface area contributed by atoms with Crippen molar-refractivity contribution in [1.29, 1.82) is 0 Å². The van der Waals surface area contributed by atoms with Crippen LogP contribution in [0, 0.1) is 0 Å². The van der Waals surface area contributed by atoms with Crippen LogP contribution in [0.1, 0.15) is 17.5 Å². The number of hydrogen-bond donors (Lipinski definition) is 1. The predicted molar refractivity (Wildman–Crippen MR) is 85.7 cm³/mol. The molecule has 1 aliphatic rings. The number of aromatic nitrogens is 3. The van der Waals surface area contributed by atoms with Crippen molar-refractivity contribution in [2.75, 3.05) is 19.0 Å². The summed E-state index contributed by atoms with van der Waals surface area (Å²) in [4.78, 5) is 14.6. The quantitative estimate of drug-likeness (QED) is 0.783. The van der Waals surface area contributed by atoms with Gasteiger partial charge in [-0.25, -0.2) is 9.97 Å². The van der Waals surface area contributed by atoms with Gasteiger partial charge in [-0.05, 0) is 48.6 Å². The lowest BCUT2D eigenvalue weighted by atomic mass is 10.1. The summed E-state index contributed by atoms with van der Waals surface area (Å²) in [6.45, 7) is 0. The van der Waals surface area contributed by atoms with Crippen LogP contribution in [0.5, 0.6) is 0 Å². The molecule has 21 heavy (non-hydrogen) atoms. The van der Waals surface area contributed by atoms with Crippen molar-refractivity contribution in [3.8, 4) is 11.4 Å². The molecule has 2 aromatic heterocycles. The van der Waals surface area contributed by atoms with Gasteiger partial charge in [-0.15, -0.1) is 0 Å². The van der Waals surface area contributed by atoms with Gasteiger partial charge in [0.15, 0.2) is 5.65 Å². The van der Waals surface area contributed by atoms with E-state index in [0.29, 0.717) is 0 Å². The summed E-state index contributed by atoms with van der Waals surface area (Å²) in [5, 5.41) is 0. The summed E-state index contributed by atoms with van der Waals surface area (Å²) in [5.41, 5.74) is 5.87. The molecule has 4 nitrogen and oxygen atoms in total. The van der Waals surface area contributed by atoms with Gasteiger partial charge >= 0.3 is 0 Å². The third-order valence-corrected chi connectivity index (χ3v) is 4.16. The molecule has 0 fully saturated rings. The van der Waals surface area contributed by atoms with E-state index in [1.54, 1.807) is 0 Å². The maximum Gasteiger partial charge on any atom is 0.180 e. The number of aromatic amines is 1. The van der Waals surface area contributed by atoms with Gasteiger partial charge in [-0.1, -0.05) is 12.1 Å². The fourth-order valence-electron chi connectivity index (χ4n) is 2.99. The number of aryl methyl sites for hydroxylation is 2. The molecule has 0 unspecified atom stereocenters. The SMILES string of the molecule is CN(C)c1ccc2[nH]c(-c3ccc4c(c3)CCC4)nc2n1. The van der Waals surface area contributed by atoms with E-state index < -0.39 is 0 Å². The Balaban J connectivity index is 1.80. The summed E-state index contributed by atoms with van der Waals surface area (Å²) in [7, 11) is 3.98. The zero-order valence-corrected chi connectivity index (χ0v) is 12.3. The van der Waals surface area contributed by atoms with Crippen LogP contribution >= 0.6 is 0 Å². The highest BCUT2D eigenvalue weighted by molar-refractivity contribution is 5.77. The van der Waals surface area contributed by atoms with Crippen molar-refractivity contribution < 1.29 is 0 Å². The Morgan fingerprint density at radius 3 is 2.71 bits per heavy atom. The first-order valence-electron chi connectivity index (χ1n) is 7.37. The molecule has 2 heterocycles. The molecule has 0 saturated heterocycles. The minimum absolute atomic E-state index is 0.775. The maximum absolute atomic E-state index is 4.66. The molecule has 4 heteroatoms. The first kappa shape index (κ1) is 12.4. The number of hydrogen-bond acceptors (Lipinski definition) is 3. The second-order valence-corrected chi connectivity index (χ2v) is 5.86. The van der Waals surface area contributed by atoms with Gasteiger partial charge in [0.05, 0.1) is 5.52 Å². The first-order chi connectivity index (χ1) is 10.2. The highest BCUT2D eigenvalue weighted by Crippen LogP contribution is 2.28. The minimum atomic E-state index is 0.775. The number of benzene rings is 1. The third-order valence-electron chi connectivity index (χ3n) is 4.16. The van der Waals surface area contributed by atoms with Crippen molar-refractivity contribution in [2.45, 2.75) is 19.3 Å². The summed E-state index contributed by atoms with van der Waals surface area (Å²) >= 11 is 0. The predicted octanol–water partition coefficient (Wildman–Crippen LogP) is 3.18. The van der Waals surface area contributed by atoms with Crippen LogP contribution in [0.25, 0.3) is 22.6 Å². The van der Waals surface area contributed by atoms with Crippen LogP contribution in [0.2, 0.25) is 0 Å². The van der Waals surface area contributed by atoms with E-state index >= 15 is 0 Å². The second-order valence-electron chi connectivity index (χ2n) is 5.86. The lowest BCUT2D eigenvalue weighted by molar-refractivity contribution is 0.912. The van der Waals surface area contributed by atoms with E-state index in [1.165, 1.54) is 30.4 Å². The number of nitrogens with one attached hydrogen (secondary N) is 1. The molecular formula is C17H18N4. The lowest BCUT2D eigenvalue weighted by Gasteiger charge is -2.09. The fourth-order valence-corrected chi connectivity index (χ4v) is 2.99. The van der Waals surface area contributed by atoms with E-state index in [4.69, 9.17) is 0 Å². The van der Waals surface area contributed by atoms with Gasteiger partial charge in [0.25, 0.3) is 0 Å². The second kappa shape index (κ2) is 4.58. The van der Waals surface area contributed by atoms with Crippen molar-refractivity contribution in [3.63, 3.8) is 0 Å². The van der Waals surface area contributed by atoms with Gasteiger partial charge in [-0.3, -0.25) is 0 Å². The van der Waals surface area contributed by atoms with Crippen molar-refractivity contribution in [1.82, 2.24) is 15.0 Å². The van der Waals surface area contributed by atoms with Gasteiger partial charge in [-0.2, -0.15) is 0 Å². The van der Waals surface area contributed by atoms with Crippen LogP contribution in [-0.2, 0) is 12.8 Å². The average molecular weight is 278 g/mol. The molecule has 0 amide bonds. The maximum atomic E-state index is 4.66. The largest absolute Gasteiger partial charge is 0.363 e. The fraction of sp³-hybridized carbons (Fsp3) is 0.294. The Kier molecular flexibility index (Phi) is 2.70. The van der Waals surface area contributed by atoms with E-state index in [9.17, 15) is 0 Å². The molecule has 3 aromatic rings. The number of fused-ring (bicyclic) bond motifs is 2. The number of H-pyrrole nitrogens is 1. The third kappa shape index (κ3) is 2.07. The molecule has 0 radical (unpaired) electrons. The molecule has 0 bridgehead atoms. The monoisotopic (exact) mass is 278 g/mol. The number of nitrogens with zero attached hydrogens (tertiary/aromatic N) is 3. The lowest BCUT2D eigenvalue weighted by Crippen LogP contribution is -2.10. The Morgan fingerprint density at radius 1 is 1.00 bits per heavy atom. The van der Waals surface area contributed by atoms with Gasteiger partial charge in [0.2, 0.25) is 0 Å². The Morgan fingerprint density at radius 2 is 1.86 bits per heavy atom. The van der Waals surface area contributed by atoms with Crippen molar-refractivity contribution in [2.24, 2.45) is 0 Å². The number of anilines is 1. The molecule has 1 N–H and O–H groups in total. The van der Waals surface area contributed by atoms with Crippen LogP contribution in [-0.4, -0.2) is 29.0 Å². The molecule has 1 aliphatic carbocycles. The highest BCUT2D eigenvalue weighted by Gasteiger charge is 2.13. The smallest absolute Gasteiger partial charge is 0.180 e. The van der Waals surface area contributed by atoms with Crippen LogP contribution < -0.4 is 4.90 Å². The molecule has 4 rings (SSSR count). The van der Waals surface area contributed by atoms with Crippen LogP contribution in [0.4, 0.5) is 5.82 Å². The first-order valence-corrected chi connectivity index (χ1v) is 7.37. The van der Waals surface area contributed by atoms with Crippen molar-refractivity contribution in [3.05, 3.63) is 41.5 Å². The summed E-state index contributed by atoms with van der Waals surface area (Å²) in [6.07, 6.45) is 3.67. The van der Waals surface area contributed by atoms with Gasteiger partial charge in [0, 0.05) is 19.7 Å². The molecular weight excluding hydrogens is 260 g/mol. The van der Waals surface area contributed by atoms with Gasteiger partial charge < -0.3 is 9.88 Å².